The Morgan fingerprint density at radius 3 is 2.10 bits per heavy atom. The van der Waals surface area contributed by atoms with Crippen molar-refractivity contribution in [1.29, 1.82) is 0 Å². The summed E-state index contributed by atoms with van der Waals surface area (Å²) in [6, 6.07) is 8.10. The number of rotatable bonds is 6. The number of aryl methyl sites for hydroxylation is 2. The average Bonchev–Trinajstić information content (AvgIpc) is 3.35. The molecule has 0 saturated carbocycles. The van der Waals surface area contributed by atoms with Gasteiger partial charge in [0.25, 0.3) is 0 Å². The molecule has 230 valence electrons. The third kappa shape index (κ3) is 6.48. The molecule has 0 spiro atoms. The third-order valence-electron chi connectivity index (χ3n) is 9.31. The molecule has 3 unspecified atom stereocenters. The van der Waals surface area contributed by atoms with Gasteiger partial charge in [-0.15, -0.1) is 0 Å². The van der Waals surface area contributed by atoms with Crippen molar-refractivity contribution in [3.8, 4) is 0 Å². The number of amides is 2. The molecular formula is C34H48F2N4O2. The fourth-order valence-electron chi connectivity index (χ4n) is 6.79. The lowest BCUT2D eigenvalue weighted by atomic mass is 9.87. The fraction of sp³-hybridized carbons (Fsp3) is 0.588. The Balaban J connectivity index is 1.56. The molecule has 2 aliphatic heterocycles. The van der Waals surface area contributed by atoms with Crippen molar-refractivity contribution in [1.82, 2.24) is 14.7 Å². The molecule has 2 aliphatic rings. The lowest BCUT2D eigenvalue weighted by Crippen LogP contribution is -2.52. The van der Waals surface area contributed by atoms with E-state index in [9.17, 15) is 18.4 Å². The number of benzene rings is 2. The molecule has 8 heteroatoms. The maximum absolute atomic E-state index is 14.9. The van der Waals surface area contributed by atoms with Gasteiger partial charge in [-0.05, 0) is 89.8 Å². The van der Waals surface area contributed by atoms with Crippen LogP contribution in [-0.2, 0) is 9.59 Å². The van der Waals surface area contributed by atoms with Gasteiger partial charge in [0.05, 0.1) is 12.0 Å². The van der Waals surface area contributed by atoms with Crippen LogP contribution in [0.1, 0.15) is 82.7 Å². The summed E-state index contributed by atoms with van der Waals surface area (Å²) in [5.74, 6) is -1.85. The van der Waals surface area contributed by atoms with Crippen LogP contribution >= 0.6 is 0 Å². The van der Waals surface area contributed by atoms with Crippen molar-refractivity contribution < 1.29 is 18.4 Å². The summed E-state index contributed by atoms with van der Waals surface area (Å²) in [5.41, 5.74) is 4.83. The zero-order chi connectivity index (χ0) is 31.1. The number of anilines is 1. The number of nitrogens with zero attached hydrogens (tertiary/aromatic N) is 4. The zero-order valence-corrected chi connectivity index (χ0v) is 26.8. The first-order chi connectivity index (χ1) is 19.6. The van der Waals surface area contributed by atoms with Gasteiger partial charge >= 0.3 is 0 Å². The highest BCUT2D eigenvalue weighted by atomic mass is 19.1. The van der Waals surface area contributed by atoms with Crippen molar-refractivity contribution in [3.05, 3.63) is 64.2 Å². The van der Waals surface area contributed by atoms with E-state index in [-0.39, 0.29) is 35.4 Å². The van der Waals surface area contributed by atoms with E-state index in [1.54, 1.807) is 6.92 Å². The number of hydrogen-bond donors (Lipinski definition) is 0. The van der Waals surface area contributed by atoms with Gasteiger partial charge in [-0.3, -0.25) is 14.5 Å². The third-order valence-corrected chi connectivity index (χ3v) is 9.31. The van der Waals surface area contributed by atoms with Crippen LogP contribution in [0.5, 0.6) is 0 Å². The second-order valence-corrected chi connectivity index (χ2v) is 13.5. The Morgan fingerprint density at radius 1 is 0.929 bits per heavy atom. The normalized spacial score (nSPS) is 20.8. The number of hydrogen-bond acceptors (Lipinski definition) is 4. The Hall–Kier alpha value is -3.00. The van der Waals surface area contributed by atoms with Crippen LogP contribution in [0.4, 0.5) is 14.5 Å². The van der Waals surface area contributed by atoms with E-state index in [1.807, 2.05) is 23.6 Å². The minimum Gasteiger partial charge on any atom is -0.368 e. The van der Waals surface area contributed by atoms with Crippen molar-refractivity contribution in [3.63, 3.8) is 0 Å². The van der Waals surface area contributed by atoms with Crippen molar-refractivity contribution >= 4 is 17.5 Å². The summed E-state index contributed by atoms with van der Waals surface area (Å²) >= 11 is 0. The standard InChI is InChI=1S/C34H48F2N4O2/c1-21(2)40(25(6)41)24(5)28-16-22(3)23(4)17-32(28)37-12-14-38(15-13-37)33(42)30-20-39(34(7,8)9)19-29(30)27-11-10-26(35)18-31(27)36/h10-11,16-18,21,24,29-30H,12-15,19-20H2,1-9H3. The monoisotopic (exact) mass is 582 g/mol. The lowest BCUT2D eigenvalue weighted by molar-refractivity contribution is -0.136. The average molecular weight is 583 g/mol. The second-order valence-electron chi connectivity index (χ2n) is 13.5. The molecule has 0 aliphatic carbocycles. The van der Waals surface area contributed by atoms with Crippen LogP contribution in [-0.4, -0.2) is 77.4 Å². The Kier molecular flexibility index (Phi) is 9.36. The topological polar surface area (TPSA) is 47.1 Å². The predicted octanol–water partition coefficient (Wildman–Crippen LogP) is 6.06. The van der Waals surface area contributed by atoms with Crippen molar-refractivity contribution in [2.45, 2.75) is 85.9 Å². The molecule has 2 aromatic rings. The van der Waals surface area contributed by atoms with E-state index in [0.717, 1.165) is 17.3 Å². The second kappa shape index (κ2) is 12.3. The molecule has 2 saturated heterocycles. The van der Waals surface area contributed by atoms with Gasteiger partial charge < -0.3 is 14.7 Å². The van der Waals surface area contributed by atoms with Crippen molar-refractivity contribution in [2.75, 3.05) is 44.2 Å². The summed E-state index contributed by atoms with van der Waals surface area (Å²) in [6.45, 7) is 21.8. The number of piperazine rings is 1. The van der Waals surface area contributed by atoms with Crippen LogP contribution in [0, 0.1) is 31.4 Å². The van der Waals surface area contributed by atoms with Gasteiger partial charge in [0.1, 0.15) is 11.6 Å². The summed E-state index contributed by atoms with van der Waals surface area (Å²) in [6.07, 6.45) is 0. The van der Waals surface area contributed by atoms with Crippen LogP contribution in [0.15, 0.2) is 30.3 Å². The van der Waals surface area contributed by atoms with Crippen molar-refractivity contribution in [2.24, 2.45) is 5.92 Å². The Bertz CT molecular complexity index is 1310. The quantitative estimate of drug-likeness (QED) is 0.415. The smallest absolute Gasteiger partial charge is 0.227 e. The van der Waals surface area contributed by atoms with Gasteiger partial charge in [-0.1, -0.05) is 12.1 Å². The molecule has 3 atom stereocenters. The molecule has 0 bridgehead atoms. The van der Waals surface area contributed by atoms with E-state index in [2.05, 4.69) is 63.5 Å². The van der Waals surface area contributed by atoms with Gasteiger partial charge in [0.15, 0.2) is 0 Å². The summed E-state index contributed by atoms with van der Waals surface area (Å²) in [7, 11) is 0. The van der Waals surface area contributed by atoms with E-state index in [1.165, 1.54) is 23.3 Å². The largest absolute Gasteiger partial charge is 0.368 e. The Morgan fingerprint density at radius 2 is 1.55 bits per heavy atom. The van der Waals surface area contributed by atoms with Crippen LogP contribution in [0.2, 0.25) is 0 Å². The van der Waals surface area contributed by atoms with Gasteiger partial charge in [-0.25, -0.2) is 8.78 Å². The highest BCUT2D eigenvalue weighted by Crippen LogP contribution is 2.39. The van der Waals surface area contributed by atoms with Crippen LogP contribution in [0.3, 0.4) is 0 Å². The predicted molar refractivity (Wildman–Crippen MR) is 165 cm³/mol. The first kappa shape index (κ1) is 31.9. The number of carbonyl (C=O) groups excluding carboxylic acids is 2. The summed E-state index contributed by atoms with van der Waals surface area (Å²) in [5, 5.41) is 0. The molecule has 2 fully saturated rings. The molecule has 42 heavy (non-hydrogen) atoms. The van der Waals surface area contributed by atoms with Gasteiger partial charge in [0, 0.05) is 75.4 Å². The number of likely N-dealkylation sites (tertiary alicyclic amines) is 1. The molecule has 6 nitrogen and oxygen atoms in total. The molecule has 2 heterocycles. The maximum atomic E-state index is 14.9. The highest BCUT2D eigenvalue weighted by molar-refractivity contribution is 5.81. The molecule has 0 N–H and O–H groups in total. The minimum absolute atomic E-state index is 0.0337. The fourth-order valence-corrected chi connectivity index (χ4v) is 6.79. The van der Waals surface area contributed by atoms with Crippen LogP contribution < -0.4 is 4.90 Å². The number of halogens is 2. The molecular weight excluding hydrogens is 534 g/mol. The highest BCUT2D eigenvalue weighted by Gasteiger charge is 2.44. The van der Waals surface area contributed by atoms with E-state index in [0.29, 0.717) is 44.8 Å². The molecule has 2 amide bonds. The van der Waals surface area contributed by atoms with E-state index < -0.39 is 17.6 Å². The van der Waals surface area contributed by atoms with Gasteiger partial charge in [0.2, 0.25) is 11.8 Å². The van der Waals surface area contributed by atoms with Crippen LogP contribution in [0.25, 0.3) is 0 Å². The maximum Gasteiger partial charge on any atom is 0.227 e. The van der Waals surface area contributed by atoms with E-state index in [4.69, 9.17) is 0 Å². The molecule has 4 rings (SSSR count). The SMILES string of the molecule is CC(=O)N(C(C)C)C(C)c1cc(C)c(C)cc1N1CCN(C(=O)C2CN(C(C)(C)C)CC2c2ccc(F)cc2F)CC1. The Labute approximate surface area is 250 Å². The van der Waals surface area contributed by atoms with Gasteiger partial charge in [-0.2, -0.15) is 0 Å². The first-order valence-corrected chi connectivity index (χ1v) is 15.2. The molecule has 2 aromatic carbocycles. The lowest BCUT2D eigenvalue weighted by Gasteiger charge is -2.41. The summed E-state index contributed by atoms with van der Waals surface area (Å²) < 4.78 is 28.7. The van der Waals surface area contributed by atoms with E-state index >= 15 is 0 Å². The number of carbonyl (C=O) groups is 2. The minimum atomic E-state index is -0.610. The first-order valence-electron chi connectivity index (χ1n) is 15.2. The molecule has 0 radical (unpaired) electrons. The zero-order valence-electron chi connectivity index (χ0n) is 26.8. The molecule has 0 aromatic heterocycles. The summed E-state index contributed by atoms with van der Waals surface area (Å²) in [4.78, 5) is 35.0.